The molecular formula is C16H18N5O6P. The molecule has 28 heavy (non-hydrogen) atoms. The number of para-hydroxylation sites is 1. The van der Waals surface area contributed by atoms with Crippen molar-refractivity contribution < 1.29 is 28.8 Å². The average Bonchev–Trinajstić information content (AvgIpc) is 3.27. The van der Waals surface area contributed by atoms with E-state index in [0.717, 1.165) is 16.6 Å². The fourth-order valence-corrected chi connectivity index (χ4v) is 4.48. The molecule has 5 N–H and O–H groups in total. The van der Waals surface area contributed by atoms with E-state index in [-0.39, 0.29) is 12.4 Å². The fraction of sp³-hybridized carbons (Fsp3) is 0.312. The molecule has 2 aromatic rings. The lowest BCUT2D eigenvalue weighted by Gasteiger charge is -2.25. The van der Waals surface area contributed by atoms with Crippen molar-refractivity contribution in [3.05, 3.63) is 53.9 Å². The maximum Gasteiger partial charge on any atom is 0.316 e. The van der Waals surface area contributed by atoms with Crippen molar-refractivity contribution in [3.8, 4) is 0 Å². The van der Waals surface area contributed by atoms with Gasteiger partial charge in [-0.3, -0.25) is 9.36 Å². The Balaban J connectivity index is 1.49. The van der Waals surface area contributed by atoms with Gasteiger partial charge in [-0.05, 0) is 12.1 Å². The number of aliphatic hydroxyl groups is 2. The first-order chi connectivity index (χ1) is 13.4. The molecule has 148 valence electrons. The van der Waals surface area contributed by atoms with Crippen LogP contribution < -0.4 is 10.8 Å². The van der Waals surface area contributed by atoms with Crippen LogP contribution in [0.2, 0.25) is 0 Å². The van der Waals surface area contributed by atoms with Gasteiger partial charge in [0.2, 0.25) is 5.82 Å². The molecule has 12 heteroatoms. The van der Waals surface area contributed by atoms with Gasteiger partial charge in [0, 0.05) is 17.1 Å². The topological polar surface area (TPSA) is 162 Å². The zero-order valence-electron chi connectivity index (χ0n) is 14.5. The van der Waals surface area contributed by atoms with Gasteiger partial charge in [-0.15, -0.1) is 5.10 Å². The van der Waals surface area contributed by atoms with E-state index < -0.39 is 38.0 Å². The first kappa shape index (κ1) is 18.8. The highest BCUT2D eigenvalue weighted by Crippen LogP contribution is 2.53. The number of nitrogens with one attached hydrogen (secondary N) is 1. The Hall–Kier alpha value is -2.56. The Morgan fingerprint density at radius 3 is 2.89 bits per heavy atom. The predicted octanol–water partition coefficient (Wildman–Crippen LogP) is 0.345. The Morgan fingerprint density at radius 2 is 2.14 bits per heavy atom. The van der Waals surface area contributed by atoms with Gasteiger partial charge in [-0.1, -0.05) is 18.2 Å². The lowest BCUT2D eigenvalue weighted by Crippen LogP contribution is -2.31. The highest BCUT2D eigenvalue weighted by atomic mass is 31.2. The number of hydrogen-bond acceptors (Lipinski definition) is 8. The molecule has 0 saturated carbocycles. The first-order valence-corrected chi connectivity index (χ1v) is 10.1. The van der Waals surface area contributed by atoms with Crippen LogP contribution in [0.15, 0.2) is 42.5 Å². The second kappa shape index (κ2) is 7.12. The molecule has 1 amide bonds. The number of benzene rings is 1. The summed E-state index contributed by atoms with van der Waals surface area (Å²) in [5.41, 5.74) is 6.68. The second-order valence-corrected chi connectivity index (χ2v) is 8.34. The van der Waals surface area contributed by atoms with Crippen molar-refractivity contribution in [1.82, 2.24) is 14.8 Å². The van der Waals surface area contributed by atoms with Gasteiger partial charge in [-0.25, -0.2) is 9.67 Å². The van der Waals surface area contributed by atoms with E-state index in [1.165, 1.54) is 11.9 Å². The lowest BCUT2D eigenvalue weighted by atomic mass is 10.1. The number of hydrogen-bond donors (Lipinski definition) is 4. The zero-order valence-corrected chi connectivity index (χ0v) is 15.3. The molecule has 11 nitrogen and oxygen atoms in total. The van der Waals surface area contributed by atoms with Crippen LogP contribution in [0.25, 0.3) is 0 Å². The van der Waals surface area contributed by atoms with Crippen LogP contribution in [0.5, 0.6) is 0 Å². The molecule has 2 aliphatic heterocycles. The number of nitrogens with two attached hydrogens (primary N) is 1. The summed E-state index contributed by atoms with van der Waals surface area (Å²) in [6, 6.07) is 7.32. The quantitative estimate of drug-likeness (QED) is 0.524. The summed E-state index contributed by atoms with van der Waals surface area (Å²) >= 11 is 0. The van der Waals surface area contributed by atoms with E-state index in [4.69, 9.17) is 15.0 Å². The standard InChI is InChI=1S/C16H18N5O6P/c17-14(24)15-18-8-21(19-15)16-13(23)12(22)11(27-16)5-6-28(25)20-10-4-2-1-3-9(10)7-26-28/h1-6,8,11-13,16,22-23H,7H2,(H2,17,24)(H,20,25)/b6-5+/t11?,12-,13-,16-,28?/m1/s1. The maximum absolute atomic E-state index is 12.9. The molecule has 3 heterocycles. The van der Waals surface area contributed by atoms with Crippen LogP contribution in [0.3, 0.4) is 0 Å². The van der Waals surface area contributed by atoms with Gasteiger partial charge < -0.3 is 30.3 Å². The monoisotopic (exact) mass is 407 g/mol. The van der Waals surface area contributed by atoms with E-state index >= 15 is 0 Å². The second-order valence-electron chi connectivity index (χ2n) is 6.37. The van der Waals surface area contributed by atoms with E-state index in [9.17, 15) is 19.6 Å². The average molecular weight is 407 g/mol. The summed E-state index contributed by atoms with van der Waals surface area (Å²) in [6.45, 7) is 0.180. The van der Waals surface area contributed by atoms with Crippen LogP contribution in [0.1, 0.15) is 22.4 Å². The largest absolute Gasteiger partial charge is 0.387 e. The Morgan fingerprint density at radius 1 is 1.36 bits per heavy atom. The molecule has 2 aliphatic rings. The number of carbonyl (C=O) groups is 1. The molecule has 5 atom stereocenters. The SMILES string of the molecule is NC(=O)c1ncn([C@@H]2OC(/C=C/P3(=O)Nc4ccccc4CO3)[C@@H](O)[C@H]2O)n1. The van der Waals surface area contributed by atoms with Gasteiger partial charge in [0.1, 0.15) is 24.6 Å². The number of anilines is 1. The van der Waals surface area contributed by atoms with E-state index in [2.05, 4.69) is 15.2 Å². The summed E-state index contributed by atoms with van der Waals surface area (Å²) in [5, 5.41) is 27.1. The minimum atomic E-state index is -3.34. The van der Waals surface area contributed by atoms with Crippen molar-refractivity contribution >= 4 is 19.1 Å². The van der Waals surface area contributed by atoms with Crippen LogP contribution in [-0.2, 0) is 20.4 Å². The Labute approximate surface area is 159 Å². The van der Waals surface area contributed by atoms with E-state index in [0.29, 0.717) is 5.69 Å². The van der Waals surface area contributed by atoms with Gasteiger partial charge >= 0.3 is 7.52 Å². The van der Waals surface area contributed by atoms with Crippen LogP contribution in [-0.4, -0.2) is 49.2 Å². The molecular weight excluding hydrogens is 389 g/mol. The van der Waals surface area contributed by atoms with E-state index in [1.54, 1.807) is 6.07 Å². The van der Waals surface area contributed by atoms with Crippen molar-refractivity contribution in [3.63, 3.8) is 0 Å². The van der Waals surface area contributed by atoms with Gasteiger partial charge in [0.05, 0.1) is 6.61 Å². The highest BCUT2D eigenvalue weighted by Gasteiger charge is 2.43. The third-order valence-corrected chi connectivity index (χ3v) is 6.07. The Bertz CT molecular complexity index is 978. The molecule has 0 aliphatic carbocycles. The van der Waals surface area contributed by atoms with Crippen LogP contribution in [0, 0.1) is 0 Å². The minimum absolute atomic E-state index is 0.180. The lowest BCUT2D eigenvalue weighted by molar-refractivity contribution is -0.0346. The molecule has 1 fully saturated rings. The Kier molecular flexibility index (Phi) is 4.77. The third-order valence-electron chi connectivity index (χ3n) is 4.44. The van der Waals surface area contributed by atoms with Crippen molar-refractivity contribution in [1.29, 1.82) is 0 Å². The first-order valence-electron chi connectivity index (χ1n) is 8.39. The zero-order chi connectivity index (χ0) is 19.9. The summed E-state index contributed by atoms with van der Waals surface area (Å²) in [6.07, 6.45) is -2.20. The molecule has 1 aromatic carbocycles. The number of fused-ring (bicyclic) bond motifs is 1. The molecule has 0 bridgehead atoms. The number of carbonyl (C=O) groups excluding carboxylic acids is 1. The molecule has 0 spiro atoms. The normalized spacial score (nSPS) is 32.2. The number of amides is 1. The smallest absolute Gasteiger partial charge is 0.316 e. The number of aliphatic hydroxyl groups excluding tert-OH is 2. The van der Waals surface area contributed by atoms with Crippen molar-refractivity contribution in [2.75, 3.05) is 5.09 Å². The molecule has 4 rings (SSSR count). The highest BCUT2D eigenvalue weighted by molar-refractivity contribution is 7.63. The summed E-state index contributed by atoms with van der Waals surface area (Å²) < 4.78 is 25.0. The van der Waals surface area contributed by atoms with Crippen molar-refractivity contribution in [2.45, 2.75) is 31.1 Å². The van der Waals surface area contributed by atoms with Crippen LogP contribution in [0.4, 0.5) is 5.69 Å². The molecule has 1 aromatic heterocycles. The third kappa shape index (κ3) is 3.46. The predicted molar refractivity (Wildman–Crippen MR) is 96.1 cm³/mol. The number of nitrogens with zero attached hydrogens (tertiary/aromatic N) is 3. The van der Waals surface area contributed by atoms with Crippen LogP contribution >= 0.6 is 7.52 Å². The minimum Gasteiger partial charge on any atom is -0.387 e. The van der Waals surface area contributed by atoms with Crippen molar-refractivity contribution in [2.24, 2.45) is 5.73 Å². The van der Waals surface area contributed by atoms with Gasteiger partial charge in [0.15, 0.2) is 6.23 Å². The van der Waals surface area contributed by atoms with E-state index in [1.807, 2.05) is 18.2 Å². The fourth-order valence-electron chi connectivity index (χ4n) is 2.97. The molecule has 0 radical (unpaired) electrons. The summed E-state index contributed by atoms with van der Waals surface area (Å²) in [5.74, 6) is 0.219. The van der Waals surface area contributed by atoms with Gasteiger partial charge in [-0.2, -0.15) is 0 Å². The summed E-state index contributed by atoms with van der Waals surface area (Å²) in [7, 11) is -3.34. The summed E-state index contributed by atoms with van der Waals surface area (Å²) in [4.78, 5) is 14.8. The number of ether oxygens (including phenoxy) is 1. The van der Waals surface area contributed by atoms with Gasteiger partial charge in [0.25, 0.3) is 5.91 Å². The molecule has 2 unspecified atom stereocenters. The number of aromatic nitrogens is 3. The number of rotatable bonds is 4. The molecule has 1 saturated heterocycles. The number of primary amides is 1. The maximum atomic E-state index is 12.9.